The molecule has 1 amide bonds. The van der Waals surface area contributed by atoms with Crippen LogP contribution in [0.1, 0.15) is 18.6 Å². The summed E-state index contributed by atoms with van der Waals surface area (Å²) in [6, 6.07) is 9.88. The predicted octanol–water partition coefficient (Wildman–Crippen LogP) is 2.73. The zero-order chi connectivity index (χ0) is 15.1. The molecular weight excluding hydrogens is 271 g/mol. The number of aryl methyl sites for hydroxylation is 1. The Kier molecular flexibility index (Phi) is 5.51. The van der Waals surface area contributed by atoms with E-state index in [0.29, 0.717) is 31.6 Å². The summed E-state index contributed by atoms with van der Waals surface area (Å²) >= 11 is 0. The van der Waals surface area contributed by atoms with Gasteiger partial charge in [-0.1, -0.05) is 12.1 Å². The quantitative estimate of drug-likeness (QED) is 0.853. The number of nitrogens with two attached hydrogens (primary N) is 1. The SMILES string of the molecule is NCCCN(C(=O)CCc1ccco1)c1ccccc1F. The van der Waals surface area contributed by atoms with Crippen LogP contribution in [0.15, 0.2) is 47.1 Å². The summed E-state index contributed by atoms with van der Waals surface area (Å²) in [5, 5.41) is 0. The number of furan rings is 1. The molecule has 21 heavy (non-hydrogen) atoms. The van der Waals surface area contributed by atoms with Crippen molar-refractivity contribution in [2.24, 2.45) is 5.73 Å². The van der Waals surface area contributed by atoms with Gasteiger partial charge in [0.2, 0.25) is 5.91 Å². The van der Waals surface area contributed by atoms with E-state index < -0.39 is 5.82 Å². The van der Waals surface area contributed by atoms with E-state index in [4.69, 9.17) is 10.2 Å². The molecule has 0 saturated carbocycles. The van der Waals surface area contributed by atoms with Crippen LogP contribution in [0.5, 0.6) is 0 Å². The van der Waals surface area contributed by atoms with Crippen molar-refractivity contribution in [3.63, 3.8) is 0 Å². The minimum absolute atomic E-state index is 0.134. The molecule has 0 bridgehead atoms. The van der Waals surface area contributed by atoms with Gasteiger partial charge in [-0.25, -0.2) is 4.39 Å². The van der Waals surface area contributed by atoms with Crippen molar-refractivity contribution in [1.82, 2.24) is 0 Å². The maximum absolute atomic E-state index is 13.9. The van der Waals surface area contributed by atoms with Crippen LogP contribution in [0.25, 0.3) is 0 Å². The Morgan fingerprint density at radius 3 is 2.71 bits per heavy atom. The molecule has 0 aliphatic carbocycles. The molecule has 0 spiro atoms. The standard InChI is InChI=1S/C16H19FN2O2/c17-14-6-1-2-7-15(14)19(11-4-10-18)16(20)9-8-13-5-3-12-21-13/h1-3,5-7,12H,4,8-11,18H2. The average Bonchev–Trinajstić information content (AvgIpc) is 3.00. The first kappa shape index (κ1) is 15.3. The van der Waals surface area contributed by atoms with Gasteiger partial charge < -0.3 is 15.1 Å². The number of anilines is 1. The fourth-order valence-corrected chi connectivity index (χ4v) is 2.12. The van der Waals surface area contributed by atoms with Crippen LogP contribution in [0.2, 0.25) is 0 Å². The number of para-hydroxylation sites is 1. The topological polar surface area (TPSA) is 59.5 Å². The largest absolute Gasteiger partial charge is 0.469 e. The summed E-state index contributed by atoms with van der Waals surface area (Å²) in [6.45, 7) is 0.866. The molecule has 4 nitrogen and oxygen atoms in total. The molecule has 1 aromatic heterocycles. The maximum Gasteiger partial charge on any atom is 0.227 e. The maximum atomic E-state index is 13.9. The van der Waals surface area contributed by atoms with Crippen LogP contribution >= 0.6 is 0 Å². The van der Waals surface area contributed by atoms with Gasteiger partial charge in [0.15, 0.2) is 0 Å². The van der Waals surface area contributed by atoms with Gasteiger partial charge in [0.1, 0.15) is 11.6 Å². The lowest BCUT2D eigenvalue weighted by Crippen LogP contribution is -2.33. The molecule has 0 aliphatic rings. The number of carbonyl (C=O) groups excluding carboxylic acids is 1. The van der Waals surface area contributed by atoms with Gasteiger partial charge in [-0.2, -0.15) is 0 Å². The number of benzene rings is 1. The zero-order valence-electron chi connectivity index (χ0n) is 11.8. The molecule has 0 unspecified atom stereocenters. The normalized spacial score (nSPS) is 10.6. The fourth-order valence-electron chi connectivity index (χ4n) is 2.12. The lowest BCUT2D eigenvalue weighted by Gasteiger charge is -2.23. The molecule has 2 rings (SSSR count). The van der Waals surface area contributed by atoms with Crippen molar-refractivity contribution >= 4 is 11.6 Å². The van der Waals surface area contributed by atoms with Crippen LogP contribution in [0.4, 0.5) is 10.1 Å². The summed E-state index contributed by atoms with van der Waals surface area (Å²) in [4.78, 5) is 13.8. The molecule has 0 atom stereocenters. The second-order valence-corrected chi connectivity index (χ2v) is 4.72. The smallest absolute Gasteiger partial charge is 0.227 e. The lowest BCUT2D eigenvalue weighted by molar-refractivity contribution is -0.118. The van der Waals surface area contributed by atoms with Crippen LogP contribution in [0, 0.1) is 5.82 Å². The highest BCUT2D eigenvalue weighted by Crippen LogP contribution is 2.20. The monoisotopic (exact) mass is 290 g/mol. The molecule has 5 heteroatoms. The Hall–Kier alpha value is -2.14. The number of nitrogens with zero attached hydrogens (tertiary/aromatic N) is 1. The number of rotatable bonds is 7. The van der Waals surface area contributed by atoms with E-state index in [1.165, 1.54) is 11.0 Å². The number of hydrogen-bond donors (Lipinski definition) is 1. The van der Waals surface area contributed by atoms with E-state index in [2.05, 4.69) is 0 Å². The Balaban J connectivity index is 2.08. The molecule has 0 fully saturated rings. The van der Waals surface area contributed by atoms with Gasteiger partial charge in [-0.05, 0) is 37.2 Å². The summed E-state index contributed by atoms with van der Waals surface area (Å²) in [5.74, 6) is 0.210. The van der Waals surface area contributed by atoms with E-state index in [0.717, 1.165) is 5.76 Å². The second kappa shape index (κ2) is 7.59. The van der Waals surface area contributed by atoms with Crippen molar-refractivity contribution in [2.75, 3.05) is 18.0 Å². The third-order valence-corrected chi connectivity index (χ3v) is 3.20. The van der Waals surface area contributed by atoms with Crippen molar-refractivity contribution in [2.45, 2.75) is 19.3 Å². The van der Waals surface area contributed by atoms with Gasteiger partial charge >= 0.3 is 0 Å². The van der Waals surface area contributed by atoms with Crippen LogP contribution < -0.4 is 10.6 Å². The summed E-state index contributed by atoms with van der Waals surface area (Å²) in [7, 11) is 0. The molecular formula is C16H19FN2O2. The summed E-state index contributed by atoms with van der Waals surface area (Å²) in [6.07, 6.45) is 2.97. The van der Waals surface area contributed by atoms with E-state index in [1.54, 1.807) is 30.5 Å². The summed E-state index contributed by atoms with van der Waals surface area (Å²) < 4.78 is 19.1. The van der Waals surface area contributed by atoms with E-state index in [1.807, 2.05) is 6.07 Å². The Morgan fingerprint density at radius 1 is 1.24 bits per heavy atom. The zero-order valence-corrected chi connectivity index (χ0v) is 11.8. The van der Waals surface area contributed by atoms with Crippen LogP contribution in [0.3, 0.4) is 0 Å². The number of hydrogen-bond acceptors (Lipinski definition) is 3. The highest BCUT2D eigenvalue weighted by Gasteiger charge is 2.18. The molecule has 1 aromatic carbocycles. The van der Waals surface area contributed by atoms with Gasteiger partial charge in [0.05, 0.1) is 12.0 Å². The highest BCUT2D eigenvalue weighted by molar-refractivity contribution is 5.93. The fraction of sp³-hybridized carbons (Fsp3) is 0.312. The van der Waals surface area contributed by atoms with E-state index >= 15 is 0 Å². The highest BCUT2D eigenvalue weighted by atomic mass is 19.1. The Morgan fingerprint density at radius 2 is 2.05 bits per heavy atom. The Labute approximate surface area is 123 Å². The van der Waals surface area contributed by atoms with Crippen molar-refractivity contribution < 1.29 is 13.6 Å². The van der Waals surface area contributed by atoms with Crippen molar-refractivity contribution in [3.05, 3.63) is 54.2 Å². The molecule has 2 N–H and O–H groups in total. The predicted molar refractivity (Wildman–Crippen MR) is 79.5 cm³/mol. The van der Waals surface area contributed by atoms with Crippen molar-refractivity contribution in [1.29, 1.82) is 0 Å². The minimum atomic E-state index is -0.402. The number of carbonyl (C=O) groups is 1. The number of halogens is 1. The van der Waals surface area contributed by atoms with Gasteiger partial charge in [0.25, 0.3) is 0 Å². The first-order valence-corrected chi connectivity index (χ1v) is 6.99. The second-order valence-electron chi connectivity index (χ2n) is 4.72. The molecule has 0 aliphatic heterocycles. The third kappa shape index (κ3) is 4.16. The molecule has 1 heterocycles. The van der Waals surface area contributed by atoms with Crippen LogP contribution in [-0.2, 0) is 11.2 Å². The lowest BCUT2D eigenvalue weighted by atomic mass is 10.2. The molecule has 2 aromatic rings. The van der Waals surface area contributed by atoms with Crippen LogP contribution in [-0.4, -0.2) is 19.0 Å². The molecule has 112 valence electrons. The summed E-state index contributed by atoms with van der Waals surface area (Å²) in [5.41, 5.74) is 5.80. The van der Waals surface area contributed by atoms with E-state index in [9.17, 15) is 9.18 Å². The Bertz CT molecular complexity index is 569. The minimum Gasteiger partial charge on any atom is -0.469 e. The first-order chi connectivity index (χ1) is 10.2. The van der Waals surface area contributed by atoms with Gasteiger partial charge in [0, 0.05) is 19.4 Å². The number of amides is 1. The van der Waals surface area contributed by atoms with E-state index in [-0.39, 0.29) is 12.3 Å². The van der Waals surface area contributed by atoms with Crippen molar-refractivity contribution in [3.8, 4) is 0 Å². The van der Waals surface area contributed by atoms with Gasteiger partial charge in [-0.15, -0.1) is 0 Å². The van der Waals surface area contributed by atoms with Gasteiger partial charge in [-0.3, -0.25) is 4.79 Å². The third-order valence-electron chi connectivity index (χ3n) is 3.20. The average molecular weight is 290 g/mol. The first-order valence-electron chi connectivity index (χ1n) is 6.99. The molecule has 0 saturated heterocycles. The molecule has 0 radical (unpaired) electrons.